The Bertz CT molecular complexity index is 3410. The van der Waals surface area contributed by atoms with Crippen LogP contribution in [0, 0.1) is 37.9 Å². The van der Waals surface area contributed by atoms with Crippen LogP contribution in [0.15, 0.2) is 24.3 Å². The van der Waals surface area contributed by atoms with Gasteiger partial charge in [-0.3, -0.25) is 105 Å². The van der Waals surface area contributed by atoms with Crippen LogP contribution in [-0.4, -0.2) is 277 Å². The highest BCUT2D eigenvalue weighted by molar-refractivity contribution is 5.90. The number of hydrogen-bond donors (Lipinski definition) is 9. The smallest absolute Gasteiger partial charge is 0.338 e. The third-order valence-electron chi connectivity index (χ3n) is 17.2. The summed E-state index contributed by atoms with van der Waals surface area (Å²) >= 11 is 0. The molecule has 0 unspecified atom stereocenters. The lowest BCUT2D eigenvalue weighted by Crippen LogP contribution is -2.49. The quantitative estimate of drug-likeness (QED) is 0.0253. The monoisotopic (exact) mass is 1750 g/mol. The maximum Gasteiger partial charge on any atom is 0.338 e. The fourth-order valence-electron chi connectivity index (χ4n) is 8.86. The van der Waals surface area contributed by atoms with Gasteiger partial charge in [0.1, 0.15) is 132 Å². The van der Waals surface area contributed by atoms with Crippen LogP contribution >= 0.6 is 0 Å². The van der Waals surface area contributed by atoms with Gasteiger partial charge in [0.05, 0.1) is 114 Å². The van der Waals surface area contributed by atoms with Gasteiger partial charge in [0.2, 0.25) is 0 Å². The number of ether oxygens (including phenoxy) is 15. The summed E-state index contributed by atoms with van der Waals surface area (Å²) in [6, 6.07) is 4.93. The normalized spacial score (nSPS) is 11.5. The van der Waals surface area contributed by atoms with Crippen molar-refractivity contribution in [2.24, 2.45) is 37.9 Å². The van der Waals surface area contributed by atoms with Crippen LogP contribution in [0.4, 0.5) is 5.69 Å². The Morgan fingerprint density at radius 1 is 0.230 bits per heavy atom. The van der Waals surface area contributed by atoms with Gasteiger partial charge < -0.3 is 118 Å². The zero-order valence-corrected chi connectivity index (χ0v) is 67.6. The van der Waals surface area contributed by atoms with Crippen molar-refractivity contribution in [3.05, 3.63) is 29.8 Å². The van der Waals surface area contributed by atoms with Crippen molar-refractivity contribution in [3.63, 3.8) is 0 Å². The number of benzene rings is 1. The van der Waals surface area contributed by atoms with Gasteiger partial charge >= 0.3 is 137 Å². The molecule has 0 bridgehead atoms. The van der Waals surface area contributed by atoms with E-state index in [1.54, 1.807) is 0 Å². The van der Waals surface area contributed by atoms with E-state index < -0.39 is 383 Å². The van der Waals surface area contributed by atoms with E-state index in [-0.39, 0.29) is 11.3 Å². The second kappa shape index (κ2) is 51.3. The fraction of sp³-hybridized carbons (Fsp3) is 0.613. The number of nitrogen functional groups attached to an aromatic ring is 1. The molecule has 0 amide bonds. The molecule has 0 radical (unpaired) electrons. The molecular formula is C75H99NO46. The molecule has 0 aliphatic rings. The molecule has 47 nitrogen and oxygen atoms in total. The van der Waals surface area contributed by atoms with E-state index in [1.807, 2.05) is 0 Å². The number of carboxylic acids is 8. The van der Waals surface area contributed by atoms with Crippen molar-refractivity contribution in [1.82, 2.24) is 0 Å². The van der Waals surface area contributed by atoms with Gasteiger partial charge in [0, 0.05) is 5.69 Å². The second-order valence-electron chi connectivity index (χ2n) is 29.3. The Morgan fingerprint density at radius 2 is 0.377 bits per heavy atom. The summed E-state index contributed by atoms with van der Waals surface area (Å²) in [5, 5.41) is 73.4. The predicted molar refractivity (Wildman–Crippen MR) is 391 cm³/mol. The van der Waals surface area contributed by atoms with E-state index in [1.165, 1.54) is 31.2 Å². The van der Waals surface area contributed by atoms with Gasteiger partial charge in [-0.25, -0.2) is 4.79 Å². The molecule has 0 saturated carbocycles. The summed E-state index contributed by atoms with van der Waals surface area (Å²) in [4.78, 5) is 295. The molecule has 680 valence electrons. The van der Waals surface area contributed by atoms with Crippen molar-refractivity contribution in [3.8, 4) is 0 Å². The summed E-state index contributed by atoms with van der Waals surface area (Å²) in [5.41, 5.74) is -11.3. The van der Waals surface area contributed by atoms with Gasteiger partial charge in [-0.1, -0.05) is 6.92 Å². The lowest BCUT2D eigenvalue weighted by molar-refractivity contribution is -0.185. The maximum atomic E-state index is 15.2. The molecule has 1 rings (SSSR count). The first kappa shape index (κ1) is 107. The number of hydrogen-bond acceptors (Lipinski definition) is 39. The van der Waals surface area contributed by atoms with Gasteiger partial charge in [0.25, 0.3) is 0 Å². The van der Waals surface area contributed by atoms with Crippen molar-refractivity contribution in [2.45, 2.75) is 158 Å². The molecule has 0 atom stereocenters. The highest BCUT2D eigenvalue weighted by atomic mass is 16.6. The molecular weight excluding hydrogens is 1650 g/mol. The summed E-state index contributed by atoms with van der Waals surface area (Å²) in [6.07, 6.45) is -13.3. The highest BCUT2D eigenvalue weighted by Crippen LogP contribution is 2.34. The van der Waals surface area contributed by atoms with E-state index in [0.717, 1.165) is 41.5 Å². The largest absolute Gasteiger partial charge is 0.481 e. The van der Waals surface area contributed by atoms with Crippen LogP contribution in [0.3, 0.4) is 0 Å². The SMILES string of the molecule is CCC(COC(=O)c1ccc(N)cc1)(COC(=O)C(C)(COC(=O)C(C)(COC(=O)CCC(=O)O)COC(=O)CCC(=O)O)COC(=O)C(C)(COC(=O)CCC(=O)O)COC(=O)CCC(=O)O)COC(=O)C(C)(COC(=O)C(C)(COC(=O)CCC(=O)O)COC(=O)CCC(=O)O)COC(=O)C(C)(COC(=O)CCC(=O)O)COC(=O)CCC(=O)O. The Hall–Kier alpha value is -13.2. The average Bonchev–Trinajstić information content (AvgIpc) is 0.811. The maximum absolute atomic E-state index is 15.2. The van der Waals surface area contributed by atoms with Crippen LogP contribution < -0.4 is 5.73 Å². The van der Waals surface area contributed by atoms with Crippen molar-refractivity contribution in [2.75, 3.05) is 105 Å². The molecule has 10 N–H and O–H groups in total. The first-order chi connectivity index (χ1) is 56.7. The molecule has 0 aliphatic heterocycles. The Labute approximate surface area is 693 Å². The van der Waals surface area contributed by atoms with E-state index in [0.29, 0.717) is 0 Å². The topological polar surface area (TPSA) is 719 Å². The summed E-state index contributed by atoms with van der Waals surface area (Å²) < 4.78 is 80.9. The number of nitrogens with two attached hydrogens (primary N) is 1. The first-order valence-electron chi connectivity index (χ1n) is 36.8. The number of rotatable bonds is 62. The molecule has 0 saturated heterocycles. The highest BCUT2D eigenvalue weighted by Gasteiger charge is 2.50. The number of anilines is 1. The molecule has 0 spiro atoms. The van der Waals surface area contributed by atoms with Crippen molar-refractivity contribution in [1.29, 1.82) is 0 Å². The predicted octanol–water partition coefficient (Wildman–Crippen LogP) is 1.38. The summed E-state index contributed by atoms with van der Waals surface area (Å²) in [6.45, 7) is -11.0. The number of carbonyl (C=O) groups is 23. The molecule has 0 fully saturated rings. The molecule has 122 heavy (non-hydrogen) atoms. The Balaban J connectivity index is 4.54. The minimum Gasteiger partial charge on any atom is -0.481 e. The van der Waals surface area contributed by atoms with Crippen LogP contribution in [0.25, 0.3) is 0 Å². The first-order valence-corrected chi connectivity index (χ1v) is 36.8. The fourth-order valence-corrected chi connectivity index (χ4v) is 8.86. The van der Waals surface area contributed by atoms with Crippen LogP contribution in [-0.2, 0) is 177 Å². The van der Waals surface area contributed by atoms with E-state index in [9.17, 15) is 142 Å². The Kier molecular flexibility index (Phi) is 45.0. The summed E-state index contributed by atoms with van der Waals surface area (Å²) in [5.74, 6) is -32.5. The molecule has 1 aromatic carbocycles. The molecule has 1 aromatic rings. The van der Waals surface area contributed by atoms with Crippen molar-refractivity contribution >= 4 is 143 Å². The number of aliphatic carboxylic acids is 8. The zero-order valence-electron chi connectivity index (χ0n) is 67.6. The van der Waals surface area contributed by atoms with Gasteiger partial charge in [-0.05, 0) is 72.2 Å². The number of esters is 15. The van der Waals surface area contributed by atoms with Gasteiger partial charge in [0.15, 0.2) is 0 Å². The standard InChI is InChI=1S/C75H99NO46/c1-8-75(41-116-62(101)44-9-11-45(76)12-10-44,42-121-67(106)73(6,37-117-63(102)69(2,29-108-54(93)21-13-46(77)78)30-109-55(94)22-14-47(79)80)38-118-64(103)70(3,31-110-56(95)23-15-48(81)82)32-111-57(96)24-16-49(83)84)43-122-68(107)74(7,39-119-65(104)71(4,33-112-58(97)25-17-50(85)86)34-113-59(98)26-18-51(87)88)40-120-66(105)72(5,35-114-60(99)27-19-52(89)90)36-115-61(100)28-20-53(91)92/h9-12H,8,13-43,76H2,1-7H3,(H,77,78)(H,79,80)(H,81,82)(H,83,84)(H,85,86)(H,87,88)(H,89,90)(H,91,92). The van der Waals surface area contributed by atoms with Crippen LogP contribution in [0.1, 0.15) is 168 Å². The third-order valence-corrected chi connectivity index (χ3v) is 17.2. The van der Waals surface area contributed by atoms with Gasteiger partial charge in [-0.2, -0.15) is 0 Å². The minimum atomic E-state index is -2.69. The number of carboxylic acid groups (broad SMARTS) is 8. The lowest BCUT2D eigenvalue weighted by atomic mass is 9.86. The summed E-state index contributed by atoms with van der Waals surface area (Å²) in [7, 11) is 0. The molecule has 0 aromatic heterocycles. The second-order valence-corrected chi connectivity index (χ2v) is 29.3. The Morgan fingerprint density at radius 3 is 0.533 bits per heavy atom. The molecule has 0 heterocycles. The molecule has 0 aliphatic carbocycles. The third kappa shape index (κ3) is 41.5. The van der Waals surface area contributed by atoms with Crippen LogP contribution in [0.2, 0.25) is 0 Å². The lowest BCUT2D eigenvalue weighted by Gasteiger charge is -2.36. The van der Waals surface area contributed by atoms with E-state index >= 15 is 9.59 Å². The zero-order chi connectivity index (χ0) is 93.0. The van der Waals surface area contributed by atoms with Crippen molar-refractivity contribution < 1.29 is 222 Å². The van der Waals surface area contributed by atoms with E-state index in [2.05, 4.69) is 0 Å². The van der Waals surface area contributed by atoms with E-state index in [4.69, 9.17) is 76.8 Å². The van der Waals surface area contributed by atoms with Crippen LogP contribution in [0.5, 0.6) is 0 Å². The number of carbonyl (C=O) groups excluding carboxylic acids is 15. The molecule has 47 heteroatoms. The average molecular weight is 1750 g/mol. The minimum absolute atomic E-state index is 0.145. The van der Waals surface area contributed by atoms with Gasteiger partial charge in [-0.15, -0.1) is 0 Å².